The maximum Gasteiger partial charge on any atom is 0.223 e. The van der Waals surface area contributed by atoms with Crippen LogP contribution < -0.4 is 10.6 Å². The Kier molecular flexibility index (Phi) is 9.22. The van der Waals surface area contributed by atoms with E-state index in [1.165, 1.54) is 5.56 Å². The molecule has 1 atom stereocenters. The van der Waals surface area contributed by atoms with E-state index in [1.807, 2.05) is 6.07 Å². The van der Waals surface area contributed by atoms with Gasteiger partial charge >= 0.3 is 0 Å². The molecule has 1 unspecified atom stereocenters. The number of piperidine rings is 1. The first-order valence-corrected chi connectivity index (χ1v) is 8.53. The van der Waals surface area contributed by atoms with Crippen LogP contribution in [0, 0.1) is 5.92 Å². The second-order valence-corrected chi connectivity index (χ2v) is 5.92. The van der Waals surface area contributed by atoms with Crippen molar-refractivity contribution in [1.29, 1.82) is 0 Å². The highest BCUT2D eigenvalue weighted by Gasteiger charge is 2.23. The Balaban J connectivity index is 0.00000264. The largest absolute Gasteiger partial charge is 0.354 e. The lowest BCUT2D eigenvalue weighted by Gasteiger charge is -2.31. The highest BCUT2D eigenvalue weighted by Crippen LogP contribution is 2.20. The summed E-state index contributed by atoms with van der Waals surface area (Å²) < 4.78 is 0. The number of hydrogen-bond acceptors (Lipinski definition) is 3. The van der Waals surface area contributed by atoms with Crippen molar-refractivity contribution in [1.82, 2.24) is 15.5 Å². The molecule has 23 heavy (non-hydrogen) atoms. The van der Waals surface area contributed by atoms with E-state index in [9.17, 15) is 4.79 Å². The van der Waals surface area contributed by atoms with Crippen LogP contribution in [0.4, 0.5) is 0 Å². The third-order valence-electron chi connectivity index (χ3n) is 4.62. The molecule has 0 radical (unpaired) electrons. The SMILES string of the molecule is CCN(CC)C(CNC(=O)C1CCNCC1)c1ccccc1.Cl. The van der Waals surface area contributed by atoms with Gasteiger partial charge in [-0.1, -0.05) is 44.2 Å². The summed E-state index contributed by atoms with van der Waals surface area (Å²) in [5.74, 6) is 0.393. The highest BCUT2D eigenvalue weighted by atomic mass is 35.5. The molecule has 5 heteroatoms. The summed E-state index contributed by atoms with van der Waals surface area (Å²) in [4.78, 5) is 14.8. The second kappa shape index (κ2) is 10.6. The average Bonchev–Trinajstić information content (AvgIpc) is 2.60. The van der Waals surface area contributed by atoms with Crippen LogP contribution in [-0.2, 0) is 4.79 Å². The number of nitrogens with zero attached hydrogens (tertiary/aromatic N) is 1. The molecule has 0 bridgehead atoms. The van der Waals surface area contributed by atoms with E-state index in [2.05, 4.69) is 53.6 Å². The molecule has 1 aliphatic rings. The molecule has 1 aromatic carbocycles. The van der Waals surface area contributed by atoms with Crippen molar-refractivity contribution in [2.75, 3.05) is 32.7 Å². The number of carbonyl (C=O) groups excluding carboxylic acids is 1. The van der Waals surface area contributed by atoms with E-state index in [0.29, 0.717) is 6.54 Å². The van der Waals surface area contributed by atoms with Crippen molar-refractivity contribution in [3.05, 3.63) is 35.9 Å². The van der Waals surface area contributed by atoms with Gasteiger partial charge in [0, 0.05) is 12.5 Å². The fourth-order valence-electron chi connectivity index (χ4n) is 3.22. The topological polar surface area (TPSA) is 44.4 Å². The Morgan fingerprint density at radius 2 is 1.83 bits per heavy atom. The molecule has 2 N–H and O–H groups in total. The van der Waals surface area contributed by atoms with Gasteiger partial charge in [0.15, 0.2) is 0 Å². The van der Waals surface area contributed by atoms with Crippen molar-refractivity contribution >= 4 is 18.3 Å². The molecule has 1 aromatic rings. The number of carbonyl (C=O) groups is 1. The lowest BCUT2D eigenvalue weighted by Crippen LogP contribution is -2.42. The maximum atomic E-state index is 12.4. The van der Waals surface area contributed by atoms with E-state index in [1.54, 1.807) is 0 Å². The fraction of sp³-hybridized carbons (Fsp3) is 0.611. The fourth-order valence-corrected chi connectivity index (χ4v) is 3.22. The highest BCUT2D eigenvalue weighted by molar-refractivity contribution is 5.85. The molecule has 1 saturated heterocycles. The zero-order valence-corrected chi connectivity index (χ0v) is 15.1. The van der Waals surface area contributed by atoms with E-state index >= 15 is 0 Å². The lowest BCUT2D eigenvalue weighted by atomic mass is 9.97. The van der Waals surface area contributed by atoms with Gasteiger partial charge in [-0.2, -0.15) is 0 Å². The molecule has 1 aliphatic heterocycles. The predicted molar refractivity (Wildman–Crippen MR) is 98.0 cm³/mol. The first-order chi connectivity index (χ1) is 10.8. The third kappa shape index (κ3) is 5.79. The van der Waals surface area contributed by atoms with Gasteiger partial charge in [-0.25, -0.2) is 0 Å². The Hall–Kier alpha value is -1.10. The smallest absolute Gasteiger partial charge is 0.223 e. The van der Waals surface area contributed by atoms with Crippen LogP contribution in [0.25, 0.3) is 0 Å². The average molecular weight is 340 g/mol. The summed E-state index contributed by atoms with van der Waals surface area (Å²) in [6.45, 7) is 8.92. The Morgan fingerprint density at radius 1 is 1.22 bits per heavy atom. The summed E-state index contributed by atoms with van der Waals surface area (Å²) in [6, 6.07) is 10.7. The predicted octanol–water partition coefficient (Wildman–Crippen LogP) is 2.61. The van der Waals surface area contributed by atoms with Gasteiger partial charge in [0.05, 0.1) is 6.04 Å². The van der Waals surface area contributed by atoms with Gasteiger partial charge in [-0.3, -0.25) is 9.69 Å². The summed E-state index contributed by atoms with van der Waals surface area (Å²) in [6.07, 6.45) is 1.90. The van der Waals surface area contributed by atoms with Crippen LogP contribution >= 0.6 is 12.4 Å². The number of benzene rings is 1. The number of rotatable bonds is 7. The van der Waals surface area contributed by atoms with Gasteiger partial charge in [-0.15, -0.1) is 12.4 Å². The van der Waals surface area contributed by atoms with E-state index < -0.39 is 0 Å². The summed E-state index contributed by atoms with van der Waals surface area (Å²) in [7, 11) is 0. The number of halogens is 1. The second-order valence-electron chi connectivity index (χ2n) is 5.92. The molecule has 1 fully saturated rings. The number of hydrogen-bond donors (Lipinski definition) is 2. The maximum absolute atomic E-state index is 12.4. The van der Waals surface area contributed by atoms with Gasteiger partial charge in [-0.05, 0) is 44.6 Å². The minimum atomic E-state index is 0. The van der Waals surface area contributed by atoms with Crippen molar-refractivity contribution < 1.29 is 4.79 Å². The molecule has 0 aliphatic carbocycles. The van der Waals surface area contributed by atoms with Gasteiger partial charge < -0.3 is 10.6 Å². The normalized spacial score (nSPS) is 16.7. The molecule has 130 valence electrons. The number of nitrogens with one attached hydrogen (secondary N) is 2. The Labute approximate surface area is 146 Å². The van der Waals surface area contributed by atoms with E-state index in [-0.39, 0.29) is 30.3 Å². The third-order valence-corrected chi connectivity index (χ3v) is 4.62. The van der Waals surface area contributed by atoms with Crippen LogP contribution in [0.2, 0.25) is 0 Å². The molecule has 0 saturated carbocycles. The summed E-state index contributed by atoms with van der Waals surface area (Å²) in [5, 5.41) is 6.50. The first-order valence-electron chi connectivity index (χ1n) is 8.53. The minimum absolute atomic E-state index is 0. The number of amides is 1. The van der Waals surface area contributed by atoms with Crippen LogP contribution in [-0.4, -0.2) is 43.5 Å². The number of likely N-dealkylation sites (N-methyl/N-ethyl adjacent to an activating group) is 1. The van der Waals surface area contributed by atoms with E-state index in [4.69, 9.17) is 0 Å². The zero-order valence-electron chi connectivity index (χ0n) is 14.3. The lowest BCUT2D eigenvalue weighted by molar-refractivity contribution is -0.126. The van der Waals surface area contributed by atoms with Crippen LogP contribution in [0.3, 0.4) is 0 Å². The standard InChI is InChI=1S/C18H29N3O.ClH/c1-3-21(4-2)17(15-8-6-5-7-9-15)14-20-18(22)16-10-12-19-13-11-16;/h5-9,16-17,19H,3-4,10-14H2,1-2H3,(H,20,22);1H. The molecule has 0 aromatic heterocycles. The van der Waals surface area contributed by atoms with Gasteiger partial charge in [0.1, 0.15) is 0 Å². The van der Waals surface area contributed by atoms with Gasteiger partial charge in [0.2, 0.25) is 5.91 Å². The molecule has 4 nitrogen and oxygen atoms in total. The quantitative estimate of drug-likeness (QED) is 0.802. The van der Waals surface area contributed by atoms with Crippen LogP contribution in [0.15, 0.2) is 30.3 Å². The molecular formula is C18H30ClN3O. The Morgan fingerprint density at radius 3 is 2.39 bits per heavy atom. The molecular weight excluding hydrogens is 310 g/mol. The monoisotopic (exact) mass is 339 g/mol. The summed E-state index contributed by atoms with van der Waals surface area (Å²) in [5.41, 5.74) is 1.27. The van der Waals surface area contributed by atoms with Crippen molar-refractivity contribution in [2.24, 2.45) is 5.92 Å². The molecule has 1 heterocycles. The van der Waals surface area contributed by atoms with Crippen LogP contribution in [0.5, 0.6) is 0 Å². The molecule has 1 amide bonds. The van der Waals surface area contributed by atoms with Crippen molar-refractivity contribution in [2.45, 2.75) is 32.7 Å². The molecule has 0 spiro atoms. The van der Waals surface area contributed by atoms with Crippen LogP contribution in [0.1, 0.15) is 38.3 Å². The minimum Gasteiger partial charge on any atom is -0.354 e. The zero-order chi connectivity index (χ0) is 15.8. The van der Waals surface area contributed by atoms with Gasteiger partial charge in [0.25, 0.3) is 0 Å². The summed E-state index contributed by atoms with van der Waals surface area (Å²) >= 11 is 0. The first kappa shape index (κ1) is 19.9. The van der Waals surface area contributed by atoms with E-state index in [0.717, 1.165) is 39.0 Å². The Bertz CT molecular complexity index is 445. The molecule has 2 rings (SSSR count). The van der Waals surface area contributed by atoms with Crippen molar-refractivity contribution in [3.63, 3.8) is 0 Å². The van der Waals surface area contributed by atoms with Crippen molar-refractivity contribution in [3.8, 4) is 0 Å².